The summed E-state index contributed by atoms with van der Waals surface area (Å²) in [5, 5.41) is 6.81. The number of nitrogens with one attached hydrogen (secondary N) is 1. The van der Waals surface area contributed by atoms with Crippen LogP contribution in [0, 0.1) is 0 Å². The van der Waals surface area contributed by atoms with E-state index in [0.717, 1.165) is 11.3 Å². The fourth-order valence-corrected chi connectivity index (χ4v) is 2.17. The number of hydrogen-bond acceptors (Lipinski definition) is 5. The number of aromatic nitrogens is 2. The van der Waals surface area contributed by atoms with Crippen molar-refractivity contribution in [3.8, 4) is 17.0 Å². The van der Waals surface area contributed by atoms with Crippen LogP contribution in [0.5, 0.6) is 5.75 Å². The Kier molecular flexibility index (Phi) is 4.49. The second-order valence-corrected chi connectivity index (χ2v) is 6.11. The molecular formula is C16H22N4O3. The molecular weight excluding hydrogens is 296 g/mol. The van der Waals surface area contributed by atoms with Crippen molar-refractivity contribution in [1.82, 2.24) is 9.78 Å². The van der Waals surface area contributed by atoms with Crippen molar-refractivity contribution in [1.29, 1.82) is 0 Å². The summed E-state index contributed by atoms with van der Waals surface area (Å²) in [6.45, 7) is 5.42. The fourth-order valence-electron chi connectivity index (χ4n) is 2.17. The lowest BCUT2D eigenvalue weighted by molar-refractivity contribution is 0.0636. The van der Waals surface area contributed by atoms with Gasteiger partial charge in [-0.25, -0.2) is 4.79 Å². The van der Waals surface area contributed by atoms with E-state index >= 15 is 0 Å². The third-order valence-electron chi connectivity index (χ3n) is 3.07. The van der Waals surface area contributed by atoms with Gasteiger partial charge in [0.1, 0.15) is 11.4 Å². The second-order valence-electron chi connectivity index (χ2n) is 6.11. The van der Waals surface area contributed by atoms with E-state index < -0.39 is 11.7 Å². The molecule has 0 bridgehead atoms. The number of nitrogens with zero attached hydrogens (tertiary/aromatic N) is 2. The van der Waals surface area contributed by atoms with Crippen LogP contribution in [0.1, 0.15) is 20.8 Å². The van der Waals surface area contributed by atoms with Crippen LogP contribution in [-0.2, 0) is 11.8 Å². The Morgan fingerprint density at radius 1 is 1.35 bits per heavy atom. The highest BCUT2D eigenvalue weighted by Crippen LogP contribution is 2.35. The molecule has 0 atom stereocenters. The van der Waals surface area contributed by atoms with Crippen LogP contribution in [-0.4, -0.2) is 28.6 Å². The number of anilines is 2. The molecule has 0 aliphatic carbocycles. The van der Waals surface area contributed by atoms with Gasteiger partial charge in [-0.2, -0.15) is 5.10 Å². The maximum absolute atomic E-state index is 11.8. The molecule has 0 saturated carbocycles. The van der Waals surface area contributed by atoms with Gasteiger partial charge < -0.3 is 15.2 Å². The Hall–Kier alpha value is -2.70. The molecule has 1 amide bonds. The number of hydrogen-bond donors (Lipinski definition) is 2. The Morgan fingerprint density at radius 3 is 2.57 bits per heavy atom. The first-order valence-electron chi connectivity index (χ1n) is 7.17. The van der Waals surface area contributed by atoms with Crippen LogP contribution in [0.2, 0.25) is 0 Å². The summed E-state index contributed by atoms with van der Waals surface area (Å²) < 4.78 is 12.3. The summed E-state index contributed by atoms with van der Waals surface area (Å²) in [5.74, 6) is 0.578. The van der Waals surface area contributed by atoms with Gasteiger partial charge in [-0.15, -0.1) is 0 Å². The normalized spacial score (nSPS) is 11.2. The number of nitrogen functional groups attached to an aromatic ring is 1. The molecule has 0 spiro atoms. The van der Waals surface area contributed by atoms with Crippen LogP contribution < -0.4 is 15.8 Å². The molecule has 1 aromatic carbocycles. The monoisotopic (exact) mass is 318 g/mol. The molecule has 7 heteroatoms. The van der Waals surface area contributed by atoms with E-state index in [1.54, 1.807) is 57.9 Å². The predicted octanol–water partition coefficient (Wildman–Crippen LogP) is 3.02. The second kappa shape index (κ2) is 6.20. The van der Waals surface area contributed by atoms with Gasteiger partial charge in [0, 0.05) is 24.4 Å². The average Bonchev–Trinajstić information content (AvgIpc) is 2.76. The first kappa shape index (κ1) is 16.7. The maximum atomic E-state index is 11.8. The van der Waals surface area contributed by atoms with Crippen molar-refractivity contribution in [2.45, 2.75) is 26.4 Å². The van der Waals surface area contributed by atoms with Crippen LogP contribution in [0.25, 0.3) is 11.3 Å². The van der Waals surface area contributed by atoms with Gasteiger partial charge in [0.25, 0.3) is 0 Å². The molecule has 2 rings (SSSR count). The minimum atomic E-state index is -0.558. The lowest BCUT2D eigenvalue weighted by Gasteiger charge is -2.20. The summed E-state index contributed by atoms with van der Waals surface area (Å²) in [5.41, 5.74) is 8.07. The zero-order chi connectivity index (χ0) is 17.2. The van der Waals surface area contributed by atoms with Crippen LogP contribution >= 0.6 is 0 Å². The minimum absolute atomic E-state index is 0.521. The highest BCUT2D eigenvalue weighted by molar-refractivity contribution is 5.87. The Labute approximate surface area is 135 Å². The highest BCUT2D eigenvalue weighted by Gasteiger charge is 2.18. The van der Waals surface area contributed by atoms with Gasteiger partial charge in [-0.05, 0) is 32.9 Å². The van der Waals surface area contributed by atoms with Gasteiger partial charge >= 0.3 is 6.09 Å². The number of amides is 1. The van der Waals surface area contributed by atoms with Gasteiger partial charge in [0.2, 0.25) is 0 Å². The molecule has 124 valence electrons. The third kappa shape index (κ3) is 3.94. The number of ether oxygens (including phenoxy) is 2. The van der Waals surface area contributed by atoms with E-state index in [0.29, 0.717) is 17.1 Å². The van der Waals surface area contributed by atoms with Crippen molar-refractivity contribution in [3.05, 3.63) is 24.4 Å². The van der Waals surface area contributed by atoms with E-state index in [4.69, 9.17) is 15.2 Å². The summed E-state index contributed by atoms with van der Waals surface area (Å²) in [6.07, 6.45) is 1.06. The summed E-state index contributed by atoms with van der Waals surface area (Å²) in [6, 6.07) is 5.29. The first-order chi connectivity index (χ1) is 10.7. The molecule has 0 saturated heterocycles. The molecule has 7 nitrogen and oxygen atoms in total. The molecule has 3 N–H and O–H groups in total. The first-order valence-corrected chi connectivity index (χ1v) is 7.17. The Morgan fingerprint density at radius 2 is 2.04 bits per heavy atom. The van der Waals surface area contributed by atoms with E-state index in [1.807, 2.05) is 6.07 Å². The number of carbonyl (C=O) groups excluding carboxylic acids is 1. The smallest absolute Gasteiger partial charge is 0.412 e. The third-order valence-corrected chi connectivity index (χ3v) is 3.07. The molecule has 2 aromatic rings. The molecule has 1 aromatic heterocycles. The van der Waals surface area contributed by atoms with E-state index in [-0.39, 0.29) is 0 Å². The Bertz CT molecular complexity index is 697. The average molecular weight is 318 g/mol. The Balaban J connectivity index is 2.29. The number of rotatable bonds is 3. The van der Waals surface area contributed by atoms with Gasteiger partial charge in [-0.3, -0.25) is 10.00 Å². The topological polar surface area (TPSA) is 91.4 Å². The molecule has 0 aliphatic rings. The molecule has 0 radical (unpaired) electrons. The van der Waals surface area contributed by atoms with Crippen LogP contribution in [0.15, 0.2) is 24.4 Å². The maximum Gasteiger partial charge on any atom is 0.412 e. The van der Waals surface area contributed by atoms with Crippen molar-refractivity contribution >= 4 is 17.5 Å². The number of benzene rings is 1. The summed E-state index contributed by atoms with van der Waals surface area (Å²) in [7, 11) is 3.36. The quantitative estimate of drug-likeness (QED) is 0.907. The molecule has 0 unspecified atom stereocenters. The van der Waals surface area contributed by atoms with Crippen LogP contribution in [0.4, 0.5) is 16.2 Å². The van der Waals surface area contributed by atoms with Gasteiger partial charge in [0.15, 0.2) is 0 Å². The molecule has 23 heavy (non-hydrogen) atoms. The SMILES string of the molecule is COc1cc(NC(=O)OC(C)(C)C)ccc1-c1c(N)cnn1C. The van der Waals surface area contributed by atoms with E-state index in [9.17, 15) is 4.79 Å². The zero-order valence-corrected chi connectivity index (χ0v) is 14.0. The fraction of sp³-hybridized carbons (Fsp3) is 0.375. The van der Waals surface area contributed by atoms with Crippen molar-refractivity contribution in [2.75, 3.05) is 18.2 Å². The van der Waals surface area contributed by atoms with Crippen LogP contribution in [0.3, 0.4) is 0 Å². The zero-order valence-electron chi connectivity index (χ0n) is 14.0. The summed E-state index contributed by atoms with van der Waals surface area (Å²) >= 11 is 0. The lowest BCUT2D eigenvalue weighted by Crippen LogP contribution is -2.27. The van der Waals surface area contributed by atoms with E-state index in [2.05, 4.69) is 10.4 Å². The van der Waals surface area contributed by atoms with Crippen molar-refractivity contribution in [2.24, 2.45) is 7.05 Å². The van der Waals surface area contributed by atoms with Crippen molar-refractivity contribution in [3.63, 3.8) is 0 Å². The van der Waals surface area contributed by atoms with Gasteiger partial charge in [-0.1, -0.05) is 0 Å². The lowest BCUT2D eigenvalue weighted by atomic mass is 10.1. The predicted molar refractivity (Wildman–Crippen MR) is 89.5 cm³/mol. The van der Waals surface area contributed by atoms with E-state index in [1.165, 1.54) is 0 Å². The largest absolute Gasteiger partial charge is 0.496 e. The van der Waals surface area contributed by atoms with Crippen molar-refractivity contribution < 1.29 is 14.3 Å². The highest BCUT2D eigenvalue weighted by atomic mass is 16.6. The number of nitrogens with two attached hydrogens (primary N) is 1. The number of carbonyl (C=O) groups is 1. The minimum Gasteiger partial charge on any atom is -0.496 e. The molecule has 1 heterocycles. The summed E-state index contributed by atoms with van der Waals surface area (Å²) in [4.78, 5) is 11.8. The number of methoxy groups -OCH3 is 1. The number of aryl methyl sites for hydroxylation is 1. The van der Waals surface area contributed by atoms with Gasteiger partial charge in [0.05, 0.1) is 24.7 Å². The standard InChI is InChI=1S/C16H22N4O3/c1-16(2,3)23-15(21)19-10-6-7-11(13(8-10)22-5)14-12(17)9-18-20(14)4/h6-9H,17H2,1-5H3,(H,19,21). The molecule has 0 aliphatic heterocycles. The molecule has 0 fully saturated rings.